The van der Waals surface area contributed by atoms with Gasteiger partial charge in [0.15, 0.2) is 0 Å². The second-order valence-corrected chi connectivity index (χ2v) is 7.52. The summed E-state index contributed by atoms with van der Waals surface area (Å²) in [4.78, 5) is 15.1. The Balaban J connectivity index is 1.43. The van der Waals surface area contributed by atoms with Gasteiger partial charge in [0.1, 0.15) is 0 Å². The number of hydrogen-bond acceptors (Lipinski definition) is 4. The summed E-state index contributed by atoms with van der Waals surface area (Å²) in [5.41, 5.74) is 5.90. The molecule has 2 aromatic carbocycles. The van der Waals surface area contributed by atoms with Gasteiger partial charge in [0, 0.05) is 30.5 Å². The van der Waals surface area contributed by atoms with E-state index in [9.17, 15) is 9.90 Å². The molecule has 148 valence electrons. The molecule has 3 aromatic rings. The second kappa shape index (κ2) is 8.55. The number of hydrogen-bond donors (Lipinski definition) is 3. The molecule has 2 atom stereocenters. The summed E-state index contributed by atoms with van der Waals surface area (Å²) in [6.07, 6.45) is 5.80. The van der Waals surface area contributed by atoms with Gasteiger partial charge in [-0.05, 0) is 59.7 Å². The monoisotopic (exact) mass is 388 g/mol. The maximum atomic E-state index is 11.0. The van der Waals surface area contributed by atoms with E-state index in [0.717, 1.165) is 36.0 Å². The number of nitrogens with one attached hydrogen (secondary N) is 1. The minimum atomic E-state index is -0.913. The molecule has 0 saturated heterocycles. The number of aromatic nitrogens is 1. The van der Waals surface area contributed by atoms with Crippen LogP contribution in [0.25, 0.3) is 11.1 Å². The van der Waals surface area contributed by atoms with Gasteiger partial charge in [0.25, 0.3) is 0 Å². The van der Waals surface area contributed by atoms with E-state index in [0.29, 0.717) is 18.2 Å². The Labute approximate surface area is 170 Å². The molecular weight excluding hydrogens is 364 g/mol. The third-order valence-electron chi connectivity index (χ3n) is 5.57. The fraction of sp³-hybridized carbons (Fsp3) is 0.250. The molecule has 0 saturated carbocycles. The number of fused-ring (bicyclic) bond motifs is 1. The van der Waals surface area contributed by atoms with Crippen molar-refractivity contribution < 1.29 is 15.0 Å². The fourth-order valence-corrected chi connectivity index (χ4v) is 3.89. The van der Waals surface area contributed by atoms with Crippen LogP contribution < -0.4 is 5.32 Å². The van der Waals surface area contributed by atoms with Crippen LogP contribution in [0.3, 0.4) is 0 Å². The summed E-state index contributed by atoms with van der Waals surface area (Å²) in [5.74, 6) is -0.913. The van der Waals surface area contributed by atoms with Crippen LogP contribution in [0.4, 0.5) is 0 Å². The summed E-state index contributed by atoms with van der Waals surface area (Å²) in [5, 5.41) is 22.9. The van der Waals surface area contributed by atoms with Crippen molar-refractivity contribution in [3.8, 4) is 11.1 Å². The number of aliphatic hydroxyl groups excluding tert-OH is 1. The minimum absolute atomic E-state index is 0.295. The third kappa shape index (κ3) is 4.53. The van der Waals surface area contributed by atoms with Crippen LogP contribution in [-0.4, -0.2) is 33.8 Å². The van der Waals surface area contributed by atoms with Crippen molar-refractivity contribution in [1.82, 2.24) is 10.3 Å². The van der Waals surface area contributed by atoms with Crippen molar-refractivity contribution >= 4 is 5.97 Å². The van der Waals surface area contributed by atoms with Gasteiger partial charge in [-0.1, -0.05) is 36.4 Å². The van der Waals surface area contributed by atoms with E-state index in [4.69, 9.17) is 5.11 Å². The van der Waals surface area contributed by atoms with Crippen LogP contribution in [0.5, 0.6) is 0 Å². The number of carboxylic acid groups (broad SMARTS) is 1. The highest BCUT2D eigenvalue weighted by Crippen LogP contribution is 2.28. The van der Waals surface area contributed by atoms with Gasteiger partial charge in [-0.3, -0.25) is 4.98 Å². The highest BCUT2D eigenvalue weighted by atomic mass is 16.4. The summed E-state index contributed by atoms with van der Waals surface area (Å²) >= 11 is 0. The van der Waals surface area contributed by atoms with Gasteiger partial charge in [0.2, 0.25) is 0 Å². The first-order chi connectivity index (χ1) is 14.1. The van der Waals surface area contributed by atoms with Gasteiger partial charge < -0.3 is 15.5 Å². The van der Waals surface area contributed by atoms with Gasteiger partial charge in [0.05, 0.1) is 11.7 Å². The summed E-state index contributed by atoms with van der Waals surface area (Å²) in [6, 6.07) is 17.5. The Bertz CT molecular complexity index is 987. The topological polar surface area (TPSA) is 82.5 Å². The Morgan fingerprint density at radius 3 is 2.62 bits per heavy atom. The average Bonchev–Trinajstić information content (AvgIpc) is 2.77. The van der Waals surface area contributed by atoms with Crippen LogP contribution in [0.1, 0.15) is 39.6 Å². The first kappa shape index (κ1) is 19.3. The predicted molar refractivity (Wildman–Crippen MR) is 112 cm³/mol. The standard InChI is InChI=1S/C24H24N2O3/c27-23(20-2-1-11-25-14-20)15-26-22-10-9-17-5-8-19(12-21(17)13-22)16-3-6-18(7-4-16)24(28)29/h1-8,11-12,14,22-23,26-27H,9-10,13,15H2,(H,28,29)/t22-,23-/m0/s1. The Kier molecular flexibility index (Phi) is 5.69. The van der Waals surface area contributed by atoms with Crippen LogP contribution in [-0.2, 0) is 12.8 Å². The minimum Gasteiger partial charge on any atom is -0.478 e. The lowest BCUT2D eigenvalue weighted by Gasteiger charge is -2.27. The van der Waals surface area contributed by atoms with Crippen LogP contribution in [0.15, 0.2) is 67.0 Å². The van der Waals surface area contributed by atoms with E-state index in [1.807, 2.05) is 24.3 Å². The Hall–Kier alpha value is -3.02. The number of rotatable bonds is 6. The third-order valence-corrected chi connectivity index (χ3v) is 5.57. The molecule has 29 heavy (non-hydrogen) atoms. The zero-order valence-corrected chi connectivity index (χ0v) is 16.1. The predicted octanol–water partition coefficient (Wildman–Crippen LogP) is 3.63. The van der Waals surface area contributed by atoms with Crippen molar-refractivity contribution in [2.75, 3.05) is 6.54 Å². The number of pyridine rings is 1. The zero-order valence-electron chi connectivity index (χ0n) is 16.1. The first-order valence-electron chi connectivity index (χ1n) is 9.87. The van der Waals surface area contributed by atoms with Crippen LogP contribution in [0.2, 0.25) is 0 Å². The molecule has 0 amide bonds. The van der Waals surface area contributed by atoms with E-state index >= 15 is 0 Å². The normalized spacial score (nSPS) is 16.8. The van der Waals surface area contributed by atoms with E-state index in [1.54, 1.807) is 24.5 Å². The molecule has 0 fully saturated rings. The molecule has 1 aromatic heterocycles. The van der Waals surface area contributed by atoms with Crippen LogP contribution >= 0.6 is 0 Å². The maximum Gasteiger partial charge on any atom is 0.335 e. The summed E-state index contributed by atoms with van der Waals surface area (Å²) in [6.45, 7) is 0.502. The number of nitrogens with zero attached hydrogens (tertiary/aromatic N) is 1. The molecule has 0 aliphatic heterocycles. The van der Waals surface area contributed by atoms with E-state index in [2.05, 4.69) is 28.5 Å². The Morgan fingerprint density at radius 1 is 1.10 bits per heavy atom. The molecule has 3 N–H and O–H groups in total. The van der Waals surface area contributed by atoms with Crippen molar-refractivity contribution in [2.24, 2.45) is 0 Å². The molecular formula is C24H24N2O3. The van der Waals surface area contributed by atoms with E-state index in [1.165, 1.54) is 11.1 Å². The van der Waals surface area contributed by atoms with Gasteiger partial charge in [-0.25, -0.2) is 4.79 Å². The van der Waals surface area contributed by atoms with E-state index in [-0.39, 0.29) is 0 Å². The van der Waals surface area contributed by atoms with Crippen molar-refractivity contribution in [1.29, 1.82) is 0 Å². The highest BCUT2D eigenvalue weighted by Gasteiger charge is 2.20. The molecule has 1 heterocycles. The van der Waals surface area contributed by atoms with Gasteiger partial charge in [-0.15, -0.1) is 0 Å². The maximum absolute atomic E-state index is 11.0. The lowest BCUT2D eigenvalue weighted by Crippen LogP contribution is -2.37. The second-order valence-electron chi connectivity index (χ2n) is 7.52. The molecule has 0 spiro atoms. The zero-order chi connectivity index (χ0) is 20.2. The molecule has 5 heteroatoms. The summed E-state index contributed by atoms with van der Waals surface area (Å²) < 4.78 is 0. The lowest BCUT2D eigenvalue weighted by atomic mass is 9.86. The lowest BCUT2D eigenvalue weighted by molar-refractivity contribution is 0.0697. The molecule has 0 unspecified atom stereocenters. The number of carboxylic acids is 1. The smallest absolute Gasteiger partial charge is 0.335 e. The van der Waals surface area contributed by atoms with Gasteiger partial charge in [-0.2, -0.15) is 0 Å². The van der Waals surface area contributed by atoms with Crippen molar-refractivity contribution in [3.05, 3.63) is 89.2 Å². The van der Waals surface area contributed by atoms with Crippen molar-refractivity contribution in [3.63, 3.8) is 0 Å². The molecule has 1 aliphatic carbocycles. The molecule has 4 rings (SSSR count). The number of aliphatic hydroxyl groups is 1. The summed E-state index contributed by atoms with van der Waals surface area (Å²) in [7, 11) is 0. The molecule has 1 aliphatic rings. The number of aryl methyl sites for hydroxylation is 1. The first-order valence-corrected chi connectivity index (χ1v) is 9.87. The van der Waals surface area contributed by atoms with Crippen molar-refractivity contribution in [2.45, 2.75) is 31.4 Å². The van der Waals surface area contributed by atoms with Gasteiger partial charge >= 0.3 is 5.97 Å². The molecule has 0 radical (unpaired) electrons. The SMILES string of the molecule is O=C(O)c1ccc(-c2ccc3c(c2)C[C@@H](NC[C@H](O)c2cccnc2)CC3)cc1. The number of aromatic carboxylic acids is 1. The number of carbonyl (C=O) groups is 1. The molecule has 5 nitrogen and oxygen atoms in total. The quantitative estimate of drug-likeness (QED) is 0.601. The highest BCUT2D eigenvalue weighted by molar-refractivity contribution is 5.88. The molecule has 0 bridgehead atoms. The Morgan fingerprint density at radius 2 is 1.90 bits per heavy atom. The average molecular weight is 388 g/mol. The van der Waals surface area contributed by atoms with E-state index < -0.39 is 12.1 Å². The fourth-order valence-electron chi connectivity index (χ4n) is 3.89. The van der Waals surface area contributed by atoms with Crippen LogP contribution in [0, 0.1) is 0 Å². The largest absolute Gasteiger partial charge is 0.478 e. The number of benzene rings is 2.